The number of nitriles is 1. The third-order valence-corrected chi connectivity index (χ3v) is 3.39. The average molecular weight is 214 g/mol. The van der Waals surface area contributed by atoms with Gasteiger partial charge in [0.15, 0.2) is 6.19 Å². The molecule has 0 unspecified atom stereocenters. The molecule has 3 nitrogen and oxygen atoms in total. The van der Waals surface area contributed by atoms with Gasteiger partial charge in [0.2, 0.25) is 5.91 Å². The Bertz CT molecular complexity index is 413. The molecule has 16 heavy (non-hydrogen) atoms. The van der Waals surface area contributed by atoms with E-state index in [2.05, 4.69) is 5.32 Å². The van der Waals surface area contributed by atoms with Crippen LogP contribution in [0.4, 0.5) is 0 Å². The quantitative estimate of drug-likeness (QED) is 0.605. The molecule has 1 aromatic carbocycles. The molecular weight excluding hydrogens is 200 g/mol. The average Bonchev–Trinajstić information content (AvgIpc) is 2.81. The molecule has 1 saturated carbocycles. The van der Waals surface area contributed by atoms with Crippen LogP contribution in [0.1, 0.15) is 31.2 Å². The van der Waals surface area contributed by atoms with E-state index in [0.29, 0.717) is 0 Å². The van der Waals surface area contributed by atoms with E-state index >= 15 is 0 Å². The highest BCUT2D eigenvalue weighted by Gasteiger charge is 2.42. The smallest absolute Gasteiger partial charge is 0.243 e. The van der Waals surface area contributed by atoms with Gasteiger partial charge in [-0.15, -0.1) is 0 Å². The molecule has 2 rings (SSSR count). The van der Waals surface area contributed by atoms with E-state index in [0.717, 1.165) is 31.2 Å². The molecule has 0 bridgehead atoms. The minimum atomic E-state index is -0.475. The number of nitrogens with one attached hydrogen (secondary N) is 1. The summed E-state index contributed by atoms with van der Waals surface area (Å²) in [6.07, 6.45) is 5.51. The highest BCUT2D eigenvalue weighted by molar-refractivity contribution is 5.89. The second-order valence-electron chi connectivity index (χ2n) is 4.22. The number of hydrogen-bond acceptors (Lipinski definition) is 2. The van der Waals surface area contributed by atoms with Crippen molar-refractivity contribution in [3.63, 3.8) is 0 Å². The molecule has 0 atom stereocenters. The van der Waals surface area contributed by atoms with Crippen LogP contribution in [-0.2, 0) is 10.2 Å². The molecule has 1 amide bonds. The molecule has 0 radical (unpaired) electrons. The predicted octanol–water partition coefficient (Wildman–Crippen LogP) is 2.10. The van der Waals surface area contributed by atoms with Gasteiger partial charge in [-0.1, -0.05) is 43.2 Å². The second-order valence-corrected chi connectivity index (χ2v) is 4.22. The second kappa shape index (κ2) is 4.36. The third kappa shape index (κ3) is 1.67. The number of rotatable bonds is 2. The van der Waals surface area contributed by atoms with Crippen molar-refractivity contribution in [1.82, 2.24) is 5.32 Å². The molecule has 0 aliphatic heterocycles. The Labute approximate surface area is 95.1 Å². The van der Waals surface area contributed by atoms with Gasteiger partial charge in [0.25, 0.3) is 0 Å². The minimum absolute atomic E-state index is 0.154. The van der Waals surface area contributed by atoms with Crippen LogP contribution in [0.15, 0.2) is 30.3 Å². The summed E-state index contributed by atoms with van der Waals surface area (Å²) in [6.45, 7) is 0. The van der Waals surface area contributed by atoms with Crippen LogP contribution in [0.25, 0.3) is 0 Å². The van der Waals surface area contributed by atoms with Crippen LogP contribution in [0.2, 0.25) is 0 Å². The molecule has 0 spiro atoms. The molecule has 0 aromatic heterocycles. The number of carbonyl (C=O) groups is 1. The Hall–Kier alpha value is -1.82. The Balaban J connectivity index is 2.37. The van der Waals surface area contributed by atoms with Crippen molar-refractivity contribution in [2.45, 2.75) is 31.1 Å². The molecule has 0 heterocycles. The van der Waals surface area contributed by atoms with Crippen molar-refractivity contribution in [1.29, 1.82) is 5.26 Å². The van der Waals surface area contributed by atoms with Crippen LogP contribution in [0.5, 0.6) is 0 Å². The summed E-state index contributed by atoms with van der Waals surface area (Å²) in [6, 6.07) is 9.77. The van der Waals surface area contributed by atoms with Gasteiger partial charge in [0.05, 0.1) is 5.41 Å². The molecule has 1 N–H and O–H groups in total. The van der Waals surface area contributed by atoms with E-state index in [1.54, 1.807) is 6.19 Å². The zero-order valence-corrected chi connectivity index (χ0v) is 9.07. The summed E-state index contributed by atoms with van der Waals surface area (Å²) in [7, 11) is 0. The molecule has 3 heteroatoms. The first-order valence-corrected chi connectivity index (χ1v) is 5.55. The summed E-state index contributed by atoms with van der Waals surface area (Å²) in [5.41, 5.74) is 0.553. The maximum absolute atomic E-state index is 12.0. The van der Waals surface area contributed by atoms with Crippen LogP contribution >= 0.6 is 0 Å². The topological polar surface area (TPSA) is 52.9 Å². The molecule has 1 aromatic rings. The maximum Gasteiger partial charge on any atom is 0.243 e. The van der Waals surface area contributed by atoms with E-state index in [-0.39, 0.29) is 5.91 Å². The van der Waals surface area contributed by atoms with Crippen molar-refractivity contribution < 1.29 is 4.79 Å². The fourth-order valence-corrected chi connectivity index (χ4v) is 2.55. The zero-order chi connectivity index (χ0) is 11.4. The van der Waals surface area contributed by atoms with Gasteiger partial charge >= 0.3 is 0 Å². The standard InChI is InChI=1S/C13H14N2O/c14-10-15-12(16)13(8-4-5-9-13)11-6-2-1-3-7-11/h1-3,6-7H,4-5,8-9H2,(H,15,16). The van der Waals surface area contributed by atoms with Crippen LogP contribution in [0, 0.1) is 11.5 Å². The molecule has 1 fully saturated rings. The Morgan fingerprint density at radius 1 is 1.25 bits per heavy atom. The summed E-state index contributed by atoms with van der Waals surface area (Å²) >= 11 is 0. The molecule has 1 aliphatic carbocycles. The van der Waals surface area contributed by atoms with Gasteiger partial charge in [0.1, 0.15) is 0 Å². The van der Waals surface area contributed by atoms with E-state index in [1.165, 1.54) is 0 Å². The Morgan fingerprint density at radius 2 is 1.88 bits per heavy atom. The van der Waals surface area contributed by atoms with E-state index in [4.69, 9.17) is 5.26 Å². The number of amides is 1. The van der Waals surface area contributed by atoms with Gasteiger partial charge in [0, 0.05) is 0 Å². The highest BCUT2D eigenvalue weighted by Crippen LogP contribution is 2.41. The molecular formula is C13H14N2O. The number of benzene rings is 1. The Morgan fingerprint density at radius 3 is 2.44 bits per heavy atom. The largest absolute Gasteiger partial charge is 0.273 e. The molecule has 1 aliphatic rings. The zero-order valence-electron chi connectivity index (χ0n) is 9.07. The van der Waals surface area contributed by atoms with Crippen molar-refractivity contribution in [2.24, 2.45) is 0 Å². The van der Waals surface area contributed by atoms with Gasteiger partial charge in [-0.2, -0.15) is 5.26 Å². The summed E-state index contributed by atoms with van der Waals surface area (Å²) < 4.78 is 0. The molecule has 82 valence electrons. The predicted molar refractivity (Wildman–Crippen MR) is 60.3 cm³/mol. The summed E-state index contributed by atoms with van der Waals surface area (Å²) in [5.74, 6) is -0.154. The lowest BCUT2D eigenvalue weighted by atomic mass is 9.78. The first-order chi connectivity index (χ1) is 7.79. The van der Waals surface area contributed by atoms with Gasteiger partial charge < -0.3 is 0 Å². The summed E-state index contributed by atoms with van der Waals surface area (Å²) in [4.78, 5) is 12.0. The first kappa shape index (κ1) is 10.7. The normalized spacial score (nSPS) is 17.7. The van der Waals surface area contributed by atoms with Crippen molar-refractivity contribution in [3.8, 4) is 6.19 Å². The third-order valence-electron chi connectivity index (χ3n) is 3.39. The summed E-state index contributed by atoms with van der Waals surface area (Å²) in [5, 5.41) is 10.9. The van der Waals surface area contributed by atoms with Crippen molar-refractivity contribution in [2.75, 3.05) is 0 Å². The van der Waals surface area contributed by atoms with Crippen molar-refractivity contribution >= 4 is 5.91 Å². The van der Waals surface area contributed by atoms with E-state index in [9.17, 15) is 4.79 Å². The number of carbonyl (C=O) groups excluding carboxylic acids is 1. The number of hydrogen-bond donors (Lipinski definition) is 1. The van der Waals surface area contributed by atoms with Gasteiger partial charge in [-0.25, -0.2) is 0 Å². The molecule has 0 saturated heterocycles. The first-order valence-electron chi connectivity index (χ1n) is 5.55. The SMILES string of the molecule is N#CNC(=O)C1(c2ccccc2)CCCC1. The van der Waals surface area contributed by atoms with E-state index in [1.807, 2.05) is 30.3 Å². The van der Waals surface area contributed by atoms with Crippen LogP contribution in [-0.4, -0.2) is 5.91 Å². The van der Waals surface area contributed by atoms with E-state index < -0.39 is 5.41 Å². The monoisotopic (exact) mass is 214 g/mol. The van der Waals surface area contributed by atoms with Gasteiger partial charge in [-0.05, 0) is 18.4 Å². The fraction of sp³-hybridized carbons (Fsp3) is 0.385. The lowest BCUT2D eigenvalue weighted by Gasteiger charge is -2.26. The maximum atomic E-state index is 12.0. The van der Waals surface area contributed by atoms with Crippen LogP contribution < -0.4 is 5.32 Å². The fourth-order valence-electron chi connectivity index (χ4n) is 2.55. The van der Waals surface area contributed by atoms with Crippen molar-refractivity contribution in [3.05, 3.63) is 35.9 Å². The van der Waals surface area contributed by atoms with Gasteiger partial charge in [-0.3, -0.25) is 10.1 Å². The number of nitrogens with zero attached hydrogens (tertiary/aromatic N) is 1. The highest BCUT2D eigenvalue weighted by atomic mass is 16.2. The lowest BCUT2D eigenvalue weighted by molar-refractivity contribution is -0.125. The lowest BCUT2D eigenvalue weighted by Crippen LogP contribution is -2.40. The minimum Gasteiger partial charge on any atom is -0.273 e. The Kier molecular flexibility index (Phi) is 2.91. The van der Waals surface area contributed by atoms with Crippen LogP contribution in [0.3, 0.4) is 0 Å².